The zero-order valence-corrected chi connectivity index (χ0v) is 21.9. The summed E-state index contributed by atoms with van der Waals surface area (Å²) in [7, 11) is 0. The van der Waals surface area contributed by atoms with Crippen molar-refractivity contribution in [3.8, 4) is 5.75 Å². The van der Waals surface area contributed by atoms with E-state index in [1.807, 2.05) is 60.5 Å². The molecule has 1 aromatic heterocycles. The Kier molecular flexibility index (Phi) is 5.39. The number of rotatable bonds is 4. The predicted molar refractivity (Wildman–Crippen MR) is 146 cm³/mol. The summed E-state index contributed by atoms with van der Waals surface area (Å²) >= 11 is 0. The van der Waals surface area contributed by atoms with Crippen LogP contribution in [0.3, 0.4) is 0 Å². The van der Waals surface area contributed by atoms with Crippen molar-refractivity contribution in [2.75, 3.05) is 18.2 Å². The molecule has 1 aliphatic heterocycles. The van der Waals surface area contributed by atoms with Crippen LogP contribution in [0.5, 0.6) is 5.75 Å². The lowest BCUT2D eigenvalue weighted by Crippen LogP contribution is -2.63. The van der Waals surface area contributed by atoms with E-state index in [0.717, 1.165) is 22.3 Å². The minimum absolute atomic E-state index is 0.0809. The Labute approximate surface area is 229 Å². The molecule has 1 N–H and O–H groups in total. The monoisotopic (exact) mass is 539 g/mol. The molecule has 8 heteroatoms. The number of carbonyl (C=O) groups is 1. The fraction of sp³-hybridized carbons (Fsp3) is 0.250. The van der Waals surface area contributed by atoms with Crippen LogP contribution in [0, 0.1) is 24.5 Å². The molecule has 1 amide bonds. The van der Waals surface area contributed by atoms with Crippen molar-refractivity contribution in [3.63, 3.8) is 0 Å². The Hall–Kier alpha value is -4.46. The molecule has 6 nitrogen and oxygen atoms in total. The molecule has 0 saturated heterocycles. The van der Waals surface area contributed by atoms with Gasteiger partial charge in [-0.2, -0.15) is 0 Å². The number of aryl methyl sites for hydroxylation is 1. The number of nitrogens with zero attached hydrogens (tertiary/aromatic N) is 3. The van der Waals surface area contributed by atoms with Crippen molar-refractivity contribution >= 4 is 5.91 Å². The van der Waals surface area contributed by atoms with E-state index in [9.17, 15) is 23.5 Å². The smallest absolute Gasteiger partial charge is 0.277 e. The Morgan fingerprint density at radius 1 is 0.925 bits per heavy atom. The molecule has 3 aliphatic rings. The molecule has 0 bridgehead atoms. The van der Waals surface area contributed by atoms with Crippen molar-refractivity contribution in [3.05, 3.63) is 134 Å². The summed E-state index contributed by atoms with van der Waals surface area (Å²) in [6, 6.07) is 19.8. The lowest BCUT2D eigenvalue weighted by molar-refractivity contribution is 0.0649. The van der Waals surface area contributed by atoms with E-state index >= 15 is 0 Å². The normalized spacial score (nSPS) is 20.8. The second kappa shape index (κ2) is 8.78. The molecule has 2 unspecified atom stereocenters. The number of aromatic hydroxyl groups is 1. The van der Waals surface area contributed by atoms with Crippen LogP contribution in [0.1, 0.15) is 43.9 Å². The summed E-state index contributed by atoms with van der Waals surface area (Å²) in [4.78, 5) is 27.9. The van der Waals surface area contributed by atoms with Gasteiger partial charge < -0.3 is 10.0 Å². The third-order valence-corrected chi connectivity index (χ3v) is 8.81. The van der Waals surface area contributed by atoms with Crippen molar-refractivity contribution in [1.29, 1.82) is 0 Å². The topological polar surface area (TPSA) is 65.8 Å². The number of hydrogen-bond acceptors (Lipinski definition) is 4. The summed E-state index contributed by atoms with van der Waals surface area (Å²) in [5, 5.41) is 12.9. The van der Waals surface area contributed by atoms with Gasteiger partial charge in [0.05, 0.1) is 0 Å². The van der Waals surface area contributed by atoms with Crippen molar-refractivity contribution in [1.82, 2.24) is 9.58 Å². The van der Waals surface area contributed by atoms with Crippen molar-refractivity contribution < 1.29 is 18.7 Å². The molecule has 0 radical (unpaired) electrons. The predicted octanol–water partition coefficient (Wildman–Crippen LogP) is 4.41. The molecular weight excluding hydrogens is 512 g/mol. The van der Waals surface area contributed by atoms with E-state index in [1.54, 1.807) is 9.58 Å². The molecule has 2 aliphatic carbocycles. The Morgan fingerprint density at radius 3 is 2.45 bits per heavy atom. The first kappa shape index (κ1) is 24.6. The summed E-state index contributed by atoms with van der Waals surface area (Å²) in [5.41, 5.74) is 3.86. The molecule has 2 atom stereocenters. The van der Waals surface area contributed by atoms with E-state index in [4.69, 9.17) is 0 Å². The molecular formula is C32H27F2N3O3. The number of amides is 1. The van der Waals surface area contributed by atoms with Crippen LogP contribution in [0.4, 0.5) is 8.78 Å². The van der Waals surface area contributed by atoms with Gasteiger partial charge in [-0.05, 0) is 66.1 Å². The van der Waals surface area contributed by atoms with Crippen LogP contribution in [0.15, 0.2) is 77.7 Å². The van der Waals surface area contributed by atoms with E-state index in [2.05, 4.69) is 0 Å². The van der Waals surface area contributed by atoms with Crippen LogP contribution in [0.2, 0.25) is 0 Å². The third kappa shape index (κ3) is 3.38. The second-order valence-electron chi connectivity index (χ2n) is 11.0. The first-order valence-corrected chi connectivity index (χ1v) is 13.4. The minimum atomic E-state index is -0.945. The maximum Gasteiger partial charge on any atom is 0.277 e. The molecule has 0 fully saturated rings. The number of halogens is 2. The van der Waals surface area contributed by atoms with Crippen LogP contribution >= 0.6 is 0 Å². The van der Waals surface area contributed by atoms with Gasteiger partial charge in [0.1, 0.15) is 12.2 Å². The number of fused-ring (bicyclic) bond motifs is 6. The molecule has 40 heavy (non-hydrogen) atoms. The Balaban J connectivity index is 1.43. The Morgan fingerprint density at radius 2 is 1.65 bits per heavy atom. The van der Waals surface area contributed by atoms with Gasteiger partial charge in [0.15, 0.2) is 23.1 Å². The summed E-state index contributed by atoms with van der Waals surface area (Å²) in [6.45, 7) is 2.48. The maximum atomic E-state index is 14.9. The van der Waals surface area contributed by atoms with Crippen LogP contribution in [0.25, 0.3) is 0 Å². The molecule has 2 heterocycles. The number of benzene rings is 3. The van der Waals surface area contributed by atoms with E-state index in [1.165, 1.54) is 24.4 Å². The fourth-order valence-corrected chi connectivity index (χ4v) is 6.99. The van der Waals surface area contributed by atoms with Crippen LogP contribution in [-0.2, 0) is 24.8 Å². The third-order valence-electron chi connectivity index (χ3n) is 8.81. The van der Waals surface area contributed by atoms with Crippen LogP contribution in [-0.4, -0.2) is 33.8 Å². The highest BCUT2D eigenvalue weighted by Crippen LogP contribution is 2.57. The first-order valence-electron chi connectivity index (χ1n) is 13.4. The number of aromatic nitrogens is 1. The first-order chi connectivity index (χ1) is 19.3. The highest BCUT2D eigenvalue weighted by atomic mass is 19.2. The molecule has 3 aromatic carbocycles. The SMILES string of the molecule is Cc1ccc(CCN2CN(C34c5ccccc5CC3Cc3cc(F)c(F)cc34)n3ccc(=O)c(O)c3C2=O)cc1. The van der Waals surface area contributed by atoms with Crippen LogP contribution < -0.4 is 10.4 Å². The molecule has 4 aromatic rings. The van der Waals surface area contributed by atoms with Gasteiger partial charge in [-0.15, -0.1) is 0 Å². The van der Waals surface area contributed by atoms with Crippen molar-refractivity contribution in [2.24, 2.45) is 5.92 Å². The van der Waals surface area contributed by atoms with E-state index < -0.39 is 34.3 Å². The average Bonchev–Trinajstić information content (AvgIpc) is 3.42. The largest absolute Gasteiger partial charge is 0.502 e. The average molecular weight is 540 g/mol. The Bertz CT molecular complexity index is 1750. The minimum Gasteiger partial charge on any atom is -0.502 e. The quantitative estimate of drug-likeness (QED) is 0.418. The van der Waals surface area contributed by atoms with Gasteiger partial charge in [-0.3, -0.25) is 19.3 Å². The lowest BCUT2D eigenvalue weighted by atomic mass is 9.81. The van der Waals surface area contributed by atoms with Gasteiger partial charge in [0.25, 0.3) is 5.91 Å². The second-order valence-corrected chi connectivity index (χ2v) is 11.0. The van der Waals surface area contributed by atoms with Gasteiger partial charge >= 0.3 is 0 Å². The summed E-state index contributed by atoms with van der Waals surface area (Å²) in [6.07, 6.45) is 3.28. The van der Waals surface area contributed by atoms with E-state index in [-0.39, 0.29) is 18.3 Å². The molecule has 202 valence electrons. The van der Waals surface area contributed by atoms with Gasteiger partial charge in [0.2, 0.25) is 5.43 Å². The number of hydrogen-bond donors (Lipinski definition) is 1. The van der Waals surface area contributed by atoms with Crippen molar-refractivity contribution in [2.45, 2.75) is 31.7 Å². The maximum absolute atomic E-state index is 14.9. The van der Waals surface area contributed by atoms with E-state index in [0.29, 0.717) is 36.9 Å². The van der Waals surface area contributed by atoms with Gasteiger partial charge in [-0.1, -0.05) is 54.1 Å². The molecule has 0 saturated carbocycles. The lowest BCUT2D eigenvalue weighted by Gasteiger charge is -2.50. The highest BCUT2D eigenvalue weighted by molar-refractivity contribution is 5.96. The summed E-state index contributed by atoms with van der Waals surface area (Å²) in [5.74, 6) is -2.99. The number of pyridine rings is 1. The van der Waals surface area contributed by atoms with Gasteiger partial charge in [0, 0.05) is 24.7 Å². The fourth-order valence-electron chi connectivity index (χ4n) is 6.99. The highest BCUT2D eigenvalue weighted by Gasteiger charge is 2.59. The summed E-state index contributed by atoms with van der Waals surface area (Å²) < 4.78 is 30.9. The zero-order chi connectivity index (χ0) is 27.8. The zero-order valence-electron chi connectivity index (χ0n) is 21.9. The van der Waals surface area contributed by atoms with Gasteiger partial charge in [-0.25, -0.2) is 8.78 Å². The molecule has 0 spiro atoms. The number of carbonyl (C=O) groups excluding carboxylic acids is 1. The molecule has 7 rings (SSSR count). The standard InChI is InChI=1S/C32H27F2N3O3/c1-19-6-8-20(9-7-19)10-12-35-18-37(36-13-11-28(38)30(39)29(36)31(35)40)32-23(14-21-4-2-3-5-24(21)32)15-22-16-26(33)27(34)17-25(22)32/h2-9,11,13,16-17,23,39H,10,12,14-15,18H2,1H3.